The van der Waals surface area contributed by atoms with Gasteiger partial charge in [-0.3, -0.25) is 0 Å². The zero-order valence-corrected chi connectivity index (χ0v) is 28.6. The van der Waals surface area contributed by atoms with Crippen LogP contribution in [0.25, 0.3) is 69.9 Å². The van der Waals surface area contributed by atoms with E-state index in [1.807, 2.05) is 11.3 Å². The van der Waals surface area contributed by atoms with Crippen molar-refractivity contribution in [1.29, 1.82) is 0 Å². The van der Waals surface area contributed by atoms with Gasteiger partial charge in [0.15, 0.2) is 0 Å². The van der Waals surface area contributed by atoms with E-state index in [2.05, 4.69) is 191 Å². The molecule has 2 atom stereocenters. The molecule has 1 aliphatic heterocycles. The Morgan fingerprint density at radius 2 is 1.16 bits per heavy atom. The van der Waals surface area contributed by atoms with Gasteiger partial charge in [-0.1, -0.05) is 133 Å². The number of para-hydroxylation sites is 3. The molecule has 0 N–H and O–H groups in total. The number of hydrogen-bond donors (Lipinski definition) is 0. The predicted molar refractivity (Wildman–Crippen MR) is 218 cm³/mol. The van der Waals surface area contributed by atoms with Crippen LogP contribution in [0.1, 0.15) is 11.5 Å². The fourth-order valence-electron chi connectivity index (χ4n) is 8.66. The summed E-state index contributed by atoms with van der Waals surface area (Å²) in [4.78, 5) is 2.54. The van der Waals surface area contributed by atoms with Gasteiger partial charge in [-0.15, -0.1) is 11.3 Å². The summed E-state index contributed by atoms with van der Waals surface area (Å²) in [5.41, 5.74) is 12.6. The normalized spacial score (nSPS) is 16.6. The molecule has 7 aromatic carbocycles. The molecule has 3 heterocycles. The van der Waals surface area contributed by atoms with E-state index in [1.165, 1.54) is 86.9 Å². The van der Waals surface area contributed by atoms with Crippen LogP contribution >= 0.6 is 11.3 Å². The van der Waals surface area contributed by atoms with E-state index >= 15 is 0 Å². The Morgan fingerprint density at radius 3 is 2.00 bits per heavy atom. The van der Waals surface area contributed by atoms with E-state index in [0.717, 1.165) is 0 Å². The molecule has 9 aromatic rings. The third-order valence-corrected chi connectivity index (χ3v) is 12.1. The number of aromatic nitrogens is 1. The van der Waals surface area contributed by atoms with E-state index in [0.29, 0.717) is 0 Å². The summed E-state index contributed by atoms with van der Waals surface area (Å²) in [6.45, 7) is 0. The summed E-state index contributed by atoms with van der Waals surface area (Å²) in [7, 11) is 0. The molecule has 2 aromatic heterocycles. The summed E-state index contributed by atoms with van der Waals surface area (Å²) < 4.78 is 5.12. The smallest absolute Gasteiger partial charge is 0.0631 e. The number of rotatable bonds is 4. The fourth-order valence-corrected chi connectivity index (χ4v) is 9.90. The van der Waals surface area contributed by atoms with Crippen LogP contribution in [0.3, 0.4) is 0 Å². The zero-order chi connectivity index (χ0) is 33.5. The molecule has 51 heavy (non-hydrogen) atoms. The molecule has 0 spiro atoms. The molecule has 0 fully saturated rings. The minimum atomic E-state index is 0.186. The summed E-state index contributed by atoms with van der Waals surface area (Å²) in [5, 5.41) is 5.25. The Balaban J connectivity index is 0.988. The summed E-state index contributed by atoms with van der Waals surface area (Å²) >= 11 is 1.89. The summed E-state index contributed by atoms with van der Waals surface area (Å²) in [5.74, 6) is 0.231. The van der Waals surface area contributed by atoms with Crippen molar-refractivity contribution in [3.8, 4) is 22.3 Å². The average molecular weight is 669 g/mol. The maximum atomic E-state index is 2.54. The van der Waals surface area contributed by atoms with Gasteiger partial charge in [-0.2, -0.15) is 0 Å². The first kappa shape index (κ1) is 28.7. The first-order valence-electron chi connectivity index (χ1n) is 17.7. The maximum Gasteiger partial charge on any atom is 0.0631 e. The molecule has 0 radical (unpaired) electrons. The molecule has 240 valence electrons. The van der Waals surface area contributed by atoms with E-state index in [4.69, 9.17) is 0 Å². The van der Waals surface area contributed by atoms with Gasteiger partial charge in [0.25, 0.3) is 0 Å². The highest BCUT2D eigenvalue weighted by Gasteiger charge is 2.38. The Hall–Kier alpha value is -6.16. The van der Waals surface area contributed by atoms with Crippen molar-refractivity contribution in [3.05, 3.63) is 188 Å². The van der Waals surface area contributed by atoms with Crippen LogP contribution in [0.15, 0.2) is 182 Å². The molecular formula is C48H32N2S. The SMILES string of the molecule is C1=CC2C(C=C1n1c3ccccc3c3ccccc31)c1ccccc1N2c1cccc(-c2cccc(-c3cccc4c3sc3ccccc34)c2)c1. The van der Waals surface area contributed by atoms with Crippen LogP contribution in [-0.2, 0) is 0 Å². The number of hydrogen-bond acceptors (Lipinski definition) is 2. The number of anilines is 2. The molecule has 0 bridgehead atoms. The van der Waals surface area contributed by atoms with Crippen molar-refractivity contribution in [1.82, 2.24) is 4.57 Å². The van der Waals surface area contributed by atoms with Crippen LogP contribution in [-0.4, -0.2) is 10.6 Å². The maximum absolute atomic E-state index is 2.54. The van der Waals surface area contributed by atoms with Gasteiger partial charge in [0, 0.05) is 53.9 Å². The van der Waals surface area contributed by atoms with Gasteiger partial charge >= 0.3 is 0 Å². The van der Waals surface area contributed by atoms with Crippen molar-refractivity contribution >= 4 is 70.4 Å². The molecule has 0 saturated heterocycles. The number of thiophene rings is 1. The minimum Gasteiger partial charge on any atom is -0.333 e. The van der Waals surface area contributed by atoms with Crippen LogP contribution in [0.2, 0.25) is 0 Å². The Bertz CT molecular complexity index is 2850. The molecule has 0 amide bonds. The highest BCUT2D eigenvalue weighted by molar-refractivity contribution is 7.26. The molecule has 2 unspecified atom stereocenters. The van der Waals surface area contributed by atoms with Crippen LogP contribution in [0.5, 0.6) is 0 Å². The lowest BCUT2D eigenvalue weighted by Crippen LogP contribution is -2.29. The molecule has 0 saturated carbocycles. The summed E-state index contributed by atoms with van der Waals surface area (Å²) in [6.07, 6.45) is 7.24. The standard InChI is InChI=1S/C48H32N2S/c1-5-22-43-37(16-1)38-17-2-6-23-44(38)50(43)35-26-27-46-42(30-35)39-18-3-7-24-45(39)49(46)34-15-10-13-32(29-34)31-12-9-14-33(28-31)36-20-11-21-41-40-19-4-8-25-47(40)51-48(36)41/h1-30,42,46H. The highest BCUT2D eigenvalue weighted by atomic mass is 32.1. The molecule has 11 rings (SSSR count). The zero-order valence-electron chi connectivity index (χ0n) is 27.8. The van der Waals surface area contributed by atoms with E-state index < -0.39 is 0 Å². The van der Waals surface area contributed by atoms with Crippen LogP contribution < -0.4 is 4.90 Å². The average Bonchev–Trinajstić information content (AvgIpc) is 3.86. The first-order chi connectivity index (χ1) is 25.3. The van der Waals surface area contributed by atoms with Gasteiger partial charge in [0.2, 0.25) is 0 Å². The van der Waals surface area contributed by atoms with Crippen molar-refractivity contribution in [3.63, 3.8) is 0 Å². The topological polar surface area (TPSA) is 8.17 Å². The quantitative estimate of drug-likeness (QED) is 0.181. The Kier molecular flexibility index (Phi) is 6.28. The number of allylic oxidation sites excluding steroid dienone is 2. The third kappa shape index (κ3) is 4.35. The van der Waals surface area contributed by atoms with Gasteiger partial charge < -0.3 is 9.47 Å². The molecule has 1 aliphatic carbocycles. The largest absolute Gasteiger partial charge is 0.333 e. The fraction of sp³-hybridized carbons (Fsp3) is 0.0417. The van der Waals surface area contributed by atoms with E-state index in [1.54, 1.807) is 0 Å². The number of benzene rings is 7. The lowest BCUT2D eigenvalue weighted by atomic mass is 9.90. The molecular weight excluding hydrogens is 637 g/mol. The highest BCUT2D eigenvalue weighted by Crippen LogP contribution is 2.50. The van der Waals surface area contributed by atoms with Crippen molar-refractivity contribution in [2.75, 3.05) is 4.90 Å². The molecule has 2 aliphatic rings. The molecule has 2 nitrogen and oxygen atoms in total. The van der Waals surface area contributed by atoms with Gasteiger partial charge in [0.05, 0.1) is 17.1 Å². The lowest BCUT2D eigenvalue weighted by molar-refractivity contribution is 0.743. The second-order valence-electron chi connectivity index (χ2n) is 13.7. The van der Waals surface area contributed by atoms with Crippen molar-refractivity contribution in [2.45, 2.75) is 12.0 Å². The predicted octanol–water partition coefficient (Wildman–Crippen LogP) is 13.2. The number of fused-ring (bicyclic) bond motifs is 9. The second kappa shape index (κ2) is 11.2. The minimum absolute atomic E-state index is 0.186. The number of nitrogens with zero attached hydrogens (tertiary/aromatic N) is 2. The van der Waals surface area contributed by atoms with Crippen LogP contribution in [0.4, 0.5) is 11.4 Å². The monoisotopic (exact) mass is 668 g/mol. The summed E-state index contributed by atoms with van der Waals surface area (Å²) in [6, 6.07) is 60.3. The lowest BCUT2D eigenvalue weighted by Gasteiger charge is -2.30. The van der Waals surface area contributed by atoms with Crippen LogP contribution in [0, 0.1) is 0 Å². The Labute approximate surface area is 300 Å². The first-order valence-corrected chi connectivity index (χ1v) is 18.5. The Morgan fingerprint density at radius 1 is 0.510 bits per heavy atom. The van der Waals surface area contributed by atoms with Gasteiger partial charge in [0.1, 0.15) is 0 Å². The van der Waals surface area contributed by atoms with E-state index in [9.17, 15) is 0 Å². The third-order valence-electron chi connectivity index (χ3n) is 10.9. The second-order valence-corrected chi connectivity index (χ2v) is 14.7. The van der Waals surface area contributed by atoms with Gasteiger partial charge in [-0.25, -0.2) is 0 Å². The van der Waals surface area contributed by atoms with Crippen molar-refractivity contribution in [2.24, 2.45) is 0 Å². The van der Waals surface area contributed by atoms with Gasteiger partial charge in [-0.05, 0) is 76.4 Å². The molecule has 3 heteroatoms. The van der Waals surface area contributed by atoms with E-state index in [-0.39, 0.29) is 12.0 Å². The van der Waals surface area contributed by atoms with Crippen molar-refractivity contribution < 1.29 is 0 Å².